The number of halogens is 1. The van der Waals surface area contributed by atoms with Gasteiger partial charge in [0.15, 0.2) is 0 Å². The number of sulfonamides is 1. The molecule has 5 nitrogen and oxygen atoms in total. The molecule has 2 N–H and O–H groups in total. The Bertz CT molecular complexity index is 801. The van der Waals surface area contributed by atoms with Crippen LogP contribution in [0.15, 0.2) is 47.4 Å². The molecule has 0 unspecified atom stereocenters. The summed E-state index contributed by atoms with van der Waals surface area (Å²) in [5.74, 6) is -1.28. The van der Waals surface area contributed by atoms with E-state index in [4.69, 9.17) is 16.7 Å². The first kappa shape index (κ1) is 16.5. The molecule has 22 heavy (non-hydrogen) atoms. The number of hydrogen-bond donors (Lipinski definition) is 2. The SMILES string of the molecule is Cc1ccc(CNS(=O)(=O)c2ccc(Cl)c(C(=O)O)c2)cc1. The lowest BCUT2D eigenvalue weighted by Crippen LogP contribution is -2.23. The van der Waals surface area contributed by atoms with Gasteiger partial charge in [-0.25, -0.2) is 17.9 Å². The van der Waals surface area contributed by atoms with Crippen molar-refractivity contribution in [3.63, 3.8) is 0 Å². The van der Waals surface area contributed by atoms with E-state index < -0.39 is 16.0 Å². The van der Waals surface area contributed by atoms with Crippen LogP contribution in [0.1, 0.15) is 21.5 Å². The minimum atomic E-state index is -3.81. The van der Waals surface area contributed by atoms with Gasteiger partial charge in [0.1, 0.15) is 0 Å². The molecular weight excluding hydrogens is 326 g/mol. The quantitative estimate of drug-likeness (QED) is 0.877. The van der Waals surface area contributed by atoms with Gasteiger partial charge >= 0.3 is 5.97 Å². The molecule has 0 spiro atoms. The van der Waals surface area contributed by atoms with Crippen LogP contribution in [0.2, 0.25) is 5.02 Å². The van der Waals surface area contributed by atoms with E-state index in [-0.39, 0.29) is 22.0 Å². The van der Waals surface area contributed by atoms with Gasteiger partial charge in [-0.2, -0.15) is 0 Å². The highest BCUT2D eigenvalue weighted by molar-refractivity contribution is 7.89. The van der Waals surface area contributed by atoms with Crippen molar-refractivity contribution in [2.45, 2.75) is 18.4 Å². The Morgan fingerprint density at radius 3 is 2.41 bits per heavy atom. The second-order valence-corrected chi connectivity index (χ2v) is 6.93. The normalized spacial score (nSPS) is 11.4. The maximum Gasteiger partial charge on any atom is 0.337 e. The fraction of sp³-hybridized carbons (Fsp3) is 0.133. The van der Waals surface area contributed by atoms with E-state index in [2.05, 4.69) is 4.72 Å². The molecule has 2 rings (SSSR count). The average molecular weight is 340 g/mol. The van der Waals surface area contributed by atoms with Gasteiger partial charge in [0, 0.05) is 6.54 Å². The summed E-state index contributed by atoms with van der Waals surface area (Å²) in [6.45, 7) is 2.06. The summed E-state index contributed by atoms with van der Waals surface area (Å²) in [5, 5.41) is 8.98. The number of benzene rings is 2. The Kier molecular flexibility index (Phi) is 4.85. The van der Waals surface area contributed by atoms with Gasteiger partial charge < -0.3 is 5.11 Å². The number of rotatable bonds is 5. The Labute approximate surface area is 133 Å². The maximum atomic E-state index is 12.2. The van der Waals surface area contributed by atoms with Crippen LogP contribution in [0.5, 0.6) is 0 Å². The molecule has 7 heteroatoms. The molecule has 0 aromatic heterocycles. The summed E-state index contributed by atoms with van der Waals surface area (Å²) < 4.78 is 26.9. The molecule has 0 aliphatic carbocycles. The van der Waals surface area contributed by atoms with E-state index >= 15 is 0 Å². The van der Waals surface area contributed by atoms with E-state index in [0.717, 1.165) is 17.2 Å². The van der Waals surface area contributed by atoms with E-state index in [1.54, 1.807) is 0 Å². The number of hydrogen-bond acceptors (Lipinski definition) is 3. The third kappa shape index (κ3) is 3.85. The highest BCUT2D eigenvalue weighted by atomic mass is 35.5. The second-order valence-electron chi connectivity index (χ2n) is 4.76. The standard InChI is InChI=1S/C15H14ClNO4S/c1-10-2-4-11(5-3-10)9-17-22(20,21)12-6-7-14(16)13(8-12)15(18)19/h2-8,17H,9H2,1H3,(H,18,19). The number of aromatic carboxylic acids is 1. The maximum absolute atomic E-state index is 12.2. The van der Waals surface area contributed by atoms with Crippen molar-refractivity contribution in [2.75, 3.05) is 0 Å². The number of carboxylic acids is 1. The molecule has 0 bridgehead atoms. The third-order valence-corrected chi connectivity index (χ3v) is 4.79. The number of carboxylic acid groups (broad SMARTS) is 1. The number of aryl methyl sites for hydroxylation is 1. The van der Waals surface area contributed by atoms with Gasteiger partial charge in [0.25, 0.3) is 0 Å². The first-order chi connectivity index (χ1) is 10.3. The largest absolute Gasteiger partial charge is 0.478 e. The number of nitrogens with one attached hydrogen (secondary N) is 1. The highest BCUT2D eigenvalue weighted by Crippen LogP contribution is 2.20. The minimum Gasteiger partial charge on any atom is -0.478 e. The summed E-state index contributed by atoms with van der Waals surface area (Å²) in [4.78, 5) is 10.9. The summed E-state index contributed by atoms with van der Waals surface area (Å²) in [5.41, 5.74) is 1.64. The van der Waals surface area contributed by atoms with Crippen LogP contribution >= 0.6 is 11.6 Å². The van der Waals surface area contributed by atoms with Crippen LogP contribution < -0.4 is 4.72 Å². The Hall–Kier alpha value is -1.89. The van der Waals surface area contributed by atoms with Crippen molar-refractivity contribution in [3.05, 3.63) is 64.2 Å². The van der Waals surface area contributed by atoms with Crippen molar-refractivity contribution in [1.29, 1.82) is 0 Å². The van der Waals surface area contributed by atoms with Crippen molar-refractivity contribution in [2.24, 2.45) is 0 Å². The van der Waals surface area contributed by atoms with Gasteiger partial charge in [-0.1, -0.05) is 41.4 Å². The zero-order chi connectivity index (χ0) is 16.3. The molecule has 116 valence electrons. The fourth-order valence-corrected chi connectivity index (χ4v) is 3.04. The molecule has 0 aliphatic rings. The molecule has 0 saturated heterocycles. The molecular formula is C15H14ClNO4S. The zero-order valence-electron chi connectivity index (χ0n) is 11.7. The van der Waals surface area contributed by atoms with E-state index in [1.807, 2.05) is 31.2 Å². The van der Waals surface area contributed by atoms with Gasteiger partial charge in [-0.05, 0) is 30.7 Å². The first-order valence-electron chi connectivity index (χ1n) is 6.37. The van der Waals surface area contributed by atoms with Crippen molar-refractivity contribution < 1.29 is 18.3 Å². The van der Waals surface area contributed by atoms with Crippen molar-refractivity contribution in [3.8, 4) is 0 Å². The lowest BCUT2D eigenvalue weighted by molar-refractivity contribution is 0.0697. The molecule has 0 atom stereocenters. The molecule has 0 heterocycles. The minimum absolute atomic E-state index is 0.00927. The summed E-state index contributed by atoms with van der Waals surface area (Å²) >= 11 is 5.73. The molecule has 2 aromatic rings. The third-order valence-electron chi connectivity index (χ3n) is 3.07. The summed E-state index contributed by atoms with van der Waals surface area (Å²) in [6, 6.07) is 11.0. The molecule has 0 fully saturated rings. The van der Waals surface area contributed by atoms with Crippen LogP contribution in [0.25, 0.3) is 0 Å². The van der Waals surface area contributed by atoms with Crippen LogP contribution in [-0.2, 0) is 16.6 Å². The number of carbonyl (C=O) groups is 1. The molecule has 0 saturated carbocycles. The van der Waals surface area contributed by atoms with Crippen LogP contribution in [-0.4, -0.2) is 19.5 Å². The highest BCUT2D eigenvalue weighted by Gasteiger charge is 2.18. The first-order valence-corrected chi connectivity index (χ1v) is 8.24. The monoisotopic (exact) mass is 339 g/mol. The zero-order valence-corrected chi connectivity index (χ0v) is 13.3. The summed E-state index contributed by atoms with van der Waals surface area (Å²) in [6.07, 6.45) is 0. The van der Waals surface area contributed by atoms with Gasteiger partial charge in [0.05, 0.1) is 15.5 Å². The summed E-state index contributed by atoms with van der Waals surface area (Å²) in [7, 11) is -3.81. The van der Waals surface area contributed by atoms with Crippen molar-refractivity contribution in [1.82, 2.24) is 4.72 Å². The Balaban J connectivity index is 2.21. The van der Waals surface area contributed by atoms with E-state index in [9.17, 15) is 13.2 Å². The van der Waals surface area contributed by atoms with Gasteiger partial charge in [-0.15, -0.1) is 0 Å². The fourth-order valence-electron chi connectivity index (χ4n) is 1.80. The van der Waals surface area contributed by atoms with Crippen molar-refractivity contribution >= 4 is 27.6 Å². The smallest absolute Gasteiger partial charge is 0.337 e. The Morgan fingerprint density at radius 1 is 1.18 bits per heavy atom. The van der Waals surface area contributed by atoms with Crippen LogP contribution in [0, 0.1) is 6.92 Å². The van der Waals surface area contributed by atoms with E-state index in [0.29, 0.717) is 0 Å². The molecule has 0 amide bonds. The van der Waals surface area contributed by atoms with Gasteiger partial charge in [0.2, 0.25) is 10.0 Å². The molecule has 0 radical (unpaired) electrons. The molecule has 2 aromatic carbocycles. The Morgan fingerprint density at radius 2 is 1.82 bits per heavy atom. The lowest BCUT2D eigenvalue weighted by Gasteiger charge is -2.08. The predicted octanol–water partition coefficient (Wildman–Crippen LogP) is 2.83. The predicted molar refractivity (Wildman–Crippen MR) is 83.6 cm³/mol. The topological polar surface area (TPSA) is 83.5 Å². The van der Waals surface area contributed by atoms with Crippen LogP contribution in [0.3, 0.4) is 0 Å². The average Bonchev–Trinajstić information content (AvgIpc) is 2.46. The van der Waals surface area contributed by atoms with Crippen LogP contribution in [0.4, 0.5) is 0 Å². The lowest BCUT2D eigenvalue weighted by atomic mass is 10.2. The molecule has 0 aliphatic heterocycles. The van der Waals surface area contributed by atoms with Gasteiger partial charge in [-0.3, -0.25) is 0 Å². The van der Waals surface area contributed by atoms with E-state index in [1.165, 1.54) is 12.1 Å². The second kappa shape index (κ2) is 6.48.